The van der Waals surface area contributed by atoms with Crippen LogP contribution in [0.4, 0.5) is 5.95 Å². The number of nitrogens with one attached hydrogen (secondary N) is 1. The molecule has 5 aromatic rings. The Hall–Kier alpha value is -3.73. The first-order valence-corrected chi connectivity index (χ1v) is 8.84. The first kappa shape index (κ1) is 15.5. The van der Waals surface area contributed by atoms with Gasteiger partial charge in [-0.25, -0.2) is 9.97 Å². The molecule has 0 radical (unpaired) electrons. The lowest BCUT2D eigenvalue weighted by atomic mass is 10.0. The maximum Gasteiger partial charge on any atom is 0.224 e. The average Bonchev–Trinajstić information content (AvgIpc) is 3.17. The van der Waals surface area contributed by atoms with Gasteiger partial charge < -0.3 is 5.32 Å². The highest BCUT2D eigenvalue weighted by atomic mass is 15.2. The summed E-state index contributed by atoms with van der Waals surface area (Å²) in [6.07, 6.45) is 3.56. The summed E-state index contributed by atoms with van der Waals surface area (Å²) in [5, 5.41) is 5.82. The van der Waals surface area contributed by atoms with E-state index in [9.17, 15) is 0 Å². The van der Waals surface area contributed by atoms with E-state index in [0.29, 0.717) is 12.5 Å². The lowest BCUT2D eigenvalue weighted by Gasteiger charge is -2.09. The normalized spacial score (nSPS) is 11.1. The Morgan fingerprint density at radius 3 is 2.67 bits per heavy atom. The number of hydrogen-bond donors (Lipinski definition) is 1. The van der Waals surface area contributed by atoms with Crippen LogP contribution in [0.2, 0.25) is 0 Å². The number of rotatable bonds is 4. The minimum absolute atomic E-state index is 0.596. The Balaban J connectivity index is 1.44. The Kier molecular flexibility index (Phi) is 3.76. The van der Waals surface area contributed by atoms with Crippen LogP contribution in [0, 0.1) is 0 Å². The van der Waals surface area contributed by atoms with E-state index in [4.69, 9.17) is 0 Å². The topological polar surface area (TPSA) is 55.6 Å². The van der Waals surface area contributed by atoms with Gasteiger partial charge in [-0.2, -0.15) is 4.98 Å². The molecule has 2 heterocycles. The molecule has 0 bridgehead atoms. The lowest BCUT2D eigenvalue weighted by molar-refractivity contribution is 0.978. The summed E-state index contributed by atoms with van der Waals surface area (Å²) >= 11 is 0. The van der Waals surface area contributed by atoms with Gasteiger partial charge in [0, 0.05) is 12.7 Å². The summed E-state index contributed by atoms with van der Waals surface area (Å²) in [4.78, 5) is 13.5. The van der Waals surface area contributed by atoms with E-state index in [2.05, 4.69) is 62.7 Å². The Labute approximate surface area is 156 Å². The molecule has 5 rings (SSSR count). The van der Waals surface area contributed by atoms with E-state index >= 15 is 0 Å². The predicted molar refractivity (Wildman–Crippen MR) is 108 cm³/mol. The van der Waals surface area contributed by atoms with Gasteiger partial charge in [0.15, 0.2) is 0 Å². The standard InChI is InChI=1S/C22H17N5/c1-2-9-18-16(6-1)7-5-8-17(18)14-24-22-23-13-12-21(26-22)27-15-25-19-10-3-4-11-20(19)27/h1-13,15H,14H2,(H,23,24,26). The van der Waals surface area contributed by atoms with E-state index in [-0.39, 0.29) is 0 Å². The predicted octanol–water partition coefficient (Wildman–Crippen LogP) is 4.58. The summed E-state index contributed by atoms with van der Waals surface area (Å²) in [7, 11) is 0. The number of aromatic nitrogens is 4. The van der Waals surface area contributed by atoms with Crippen molar-refractivity contribution >= 4 is 27.8 Å². The minimum atomic E-state index is 0.596. The molecule has 0 spiro atoms. The van der Waals surface area contributed by atoms with Crippen LogP contribution in [-0.2, 0) is 6.54 Å². The fraction of sp³-hybridized carbons (Fsp3) is 0.0455. The fourth-order valence-electron chi connectivity index (χ4n) is 3.33. The van der Waals surface area contributed by atoms with Crippen LogP contribution in [-0.4, -0.2) is 19.5 Å². The van der Waals surface area contributed by atoms with E-state index in [1.165, 1.54) is 16.3 Å². The maximum absolute atomic E-state index is 4.66. The number of fused-ring (bicyclic) bond motifs is 2. The van der Waals surface area contributed by atoms with E-state index < -0.39 is 0 Å². The van der Waals surface area contributed by atoms with Crippen molar-refractivity contribution < 1.29 is 0 Å². The van der Waals surface area contributed by atoms with Crippen LogP contribution in [0.15, 0.2) is 85.3 Å². The molecule has 0 unspecified atom stereocenters. The second-order valence-electron chi connectivity index (χ2n) is 6.33. The largest absolute Gasteiger partial charge is 0.350 e. The molecule has 0 aliphatic rings. The summed E-state index contributed by atoms with van der Waals surface area (Å²) in [5.74, 6) is 1.39. The van der Waals surface area contributed by atoms with Crippen molar-refractivity contribution in [2.24, 2.45) is 0 Å². The van der Waals surface area contributed by atoms with Gasteiger partial charge in [-0.1, -0.05) is 54.6 Å². The molecule has 27 heavy (non-hydrogen) atoms. The zero-order chi connectivity index (χ0) is 18.1. The van der Waals surface area contributed by atoms with E-state index in [1.54, 1.807) is 12.5 Å². The lowest BCUT2D eigenvalue weighted by Crippen LogP contribution is -2.06. The zero-order valence-corrected chi connectivity index (χ0v) is 14.6. The second-order valence-corrected chi connectivity index (χ2v) is 6.33. The average molecular weight is 351 g/mol. The van der Waals surface area contributed by atoms with Crippen molar-refractivity contribution in [2.75, 3.05) is 5.32 Å². The third kappa shape index (κ3) is 2.89. The Bertz CT molecular complexity index is 1240. The van der Waals surface area contributed by atoms with Crippen molar-refractivity contribution in [3.8, 4) is 5.82 Å². The minimum Gasteiger partial charge on any atom is -0.350 e. The van der Waals surface area contributed by atoms with Crippen molar-refractivity contribution in [1.29, 1.82) is 0 Å². The highest BCUT2D eigenvalue weighted by Gasteiger charge is 2.07. The third-order valence-corrected chi connectivity index (χ3v) is 4.66. The van der Waals surface area contributed by atoms with Gasteiger partial charge in [-0.15, -0.1) is 0 Å². The second kappa shape index (κ2) is 6.53. The molecule has 0 saturated heterocycles. The van der Waals surface area contributed by atoms with Gasteiger partial charge in [0.1, 0.15) is 12.1 Å². The van der Waals surface area contributed by atoms with Gasteiger partial charge in [-0.05, 0) is 34.5 Å². The first-order chi connectivity index (χ1) is 13.4. The first-order valence-electron chi connectivity index (χ1n) is 8.84. The molecule has 1 N–H and O–H groups in total. The van der Waals surface area contributed by atoms with Crippen LogP contribution in [0.1, 0.15) is 5.56 Å². The van der Waals surface area contributed by atoms with Gasteiger partial charge in [0.2, 0.25) is 5.95 Å². The zero-order valence-electron chi connectivity index (χ0n) is 14.6. The molecule has 0 atom stereocenters. The summed E-state index contributed by atoms with van der Waals surface area (Å²) in [5.41, 5.74) is 3.19. The summed E-state index contributed by atoms with van der Waals surface area (Å²) in [6, 6.07) is 24.6. The van der Waals surface area contributed by atoms with Crippen molar-refractivity contribution in [3.63, 3.8) is 0 Å². The van der Waals surface area contributed by atoms with E-state index in [0.717, 1.165) is 16.9 Å². The third-order valence-electron chi connectivity index (χ3n) is 4.66. The van der Waals surface area contributed by atoms with Crippen molar-refractivity contribution in [3.05, 3.63) is 90.9 Å². The number of para-hydroxylation sites is 2. The Morgan fingerprint density at radius 2 is 1.67 bits per heavy atom. The van der Waals surface area contributed by atoms with Gasteiger partial charge in [-0.3, -0.25) is 4.57 Å². The number of nitrogens with zero attached hydrogens (tertiary/aromatic N) is 4. The number of benzene rings is 3. The number of imidazole rings is 1. The molecule has 3 aromatic carbocycles. The molecular formula is C22H17N5. The van der Waals surface area contributed by atoms with Gasteiger partial charge in [0.05, 0.1) is 11.0 Å². The molecule has 5 nitrogen and oxygen atoms in total. The molecule has 0 aliphatic heterocycles. The molecule has 0 amide bonds. The van der Waals surface area contributed by atoms with Crippen LogP contribution in [0.5, 0.6) is 0 Å². The number of hydrogen-bond acceptors (Lipinski definition) is 4. The molecule has 0 saturated carbocycles. The van der Waals surface area contributed by atoms with Crippen LogP contribution in [0.25, 0.3) is 27.6 Å². The van der Waals surface area contributed by atoms with E-state index in [1.807, 2.05) is 34.9 Å². The van der Waals surface area contributed by atoms with Crippen LogP contribution >= 0.6 is 0 Å². The van der Waals surface area contributed by atoms with Crippen molar-refractivity contribution in [2.45, 2.75) is 6.54 Å². The highest BCUT2D eigenvalue weighted by molar-refractivity contribution is 5.85. The van der Waals surface area contributed by atoms with Gasteiger partial charge in [0.25, 0.3) is 0 Å². The SMILES string of the molecule is c1ccc2c(CNc3nccc(-n4cnc5ccccc54)n3)cccc2c1. The molecule has 130 valence electrons. The quantitative estimate of drug-likeness (QED) is 0.515. The monoisotopic (exact) mass is 351 g/mol. The summed E-state index contributed by atoms with van der Waals surface area (Å²) < 4.78 is 1.97. The molecule has 0 fully saturated rings. The molecule has 2 aromatic heterocycles. The number of anilines is 1. The molecular weight excluding hydrogens is 334 g/mol. The maximum atomic E-state index is 4.66. The van der Waals surface area contributed by atoms with Gasteiger partial charge >= 0.3 is 0 Å². The summed E-state index contributed by atoms with van der Waals surface area (Å²) in [6.45, 7) is 0.662. The molecule has 5 heteroatoms. The van der Waals surface area contributed by atoms with Crippen LogP contribution in [0.3, 0.4) is 0 Å². The smallest absolute Gasteiger partial charge is 0.224 e. The van der Waals surface area contributed by atoms with Crippen LogP contribution < -0.4 is 5.32 Å². The van der Waals surface area contributed by atoms with Crippen molar-refractivity contribution in [1.82, 2.24) is 19.5 Å². The fourth-order valence-corrected chi connectivity index (χ4v) is 3.33. The highest BCUT2D eigenvalue weighted by Crippen LogP contribution is 2.20. The molecule has 0 aliphatic carbocycles. The Morgan fingerprint density at radius 1 is 0.815 bits per heavy atom.